The predicted molar refractivity (Wildman–Crippen MR) is 145 cm³/mol. The molecule has 3 aromatic rings. The summed E-state index contributed by atoms with van der Waals surface area (Å²) in [5.41, 5.74) is 14.3. The van der Waals surface area contributed by atoms with Crippen molar-refractivity contribution in [1.82, 2.24) is 9.97 Å². The summed E-state index contributed by atoms with van der Waals surface area (Å²) in [4.78, 5) is 10.5. The van der Waals surface area contributed by atoms with Gasteiger partial charge in [0, 0.05) is 72.1 Å². The highest BCUT2D eigenvalue weighted by atomic mass is 35.5. The highest BCUT2D eigenvalue weighted by Gasteiger charge is 2.39. The Morgan fingerprint density at radius 2 is 1.89 bits per heavy atom. The van der Waals surface area contributed by atoms with Gasteiger partial charge in [-0.1, -0.05) is 30.1 Å². The van der Waals surface area contributed by atoms with Crippen LogP contribution in [-0.2, 0) is 0 Å². The van der Waals surface area contributed by atoms with Gasteiger partial charge in [-0.25, -0.2) is 4.98 Å². The molecule has 0 spiro atoms. The lowest BCUT2D eigenvalue weighted by Gasteiger charge is -2.48. The molecule has 37 heavy (non-hydrogen) atoms. The van der Waals surface area contributed by atoms with E-state index < -0.39 is 6.10 Å². The summed E-state index contributed by atoms with van der Waals surface area (Å²) < 4.78 is 11.6. The number of ether oxygens (including phenoxy) is 2. The monoisotopic (exact) mass is 539 g/mol. The van der Waals surface area contributed by atoms with Gasteiger partial charge >= 0.3 is 0 Å². The van der Waals surface area contributed by atoms with Crippen molar-refractivity contribution in [3.05, 3.63) is 69.1 Å². The van der Waals surface area contributed by atoms with E-state index in [0.717, 1.165) is 13.1 Å². The first-order valence-corrected chi connectivity index (χ1v) is 12.2. The van der Waals surface area contributed by atoms with Gasteiger partial charge in [0.15, 0.2) is 11.5 Å². The fraction of sp³-hybridized carbons (Fsp3) is 0.308. The van der Waals surface area contributed by atoms with E-state index in [-0.39, 0.29) is 11.1 Å². The summed E-state index contributed by atoms with van der Waals surface area (Å²) in [5, 5.41) is 19.4. The third-order valence-electron chi connectivity index (χ3n) is 6.42. The largest absolute Gasteiger partial charge is 0.493 e. The van der Waals surface area contributed by atoms with Gasteiger partial charge in [-0.2, -0.15) is 5.26 Å². The highest BCUT2D eigenvalue weighted by Crippen LogP contribution is 2.39. The lowest BCUT2D eigenvalue weighted by molar-refractivity contribution is 0.216. The SMILES string of the molecule is COc1cc(N)c(C(=N)c2cnc(N3CC(C)(CN)C3)c(C#N)c2)cc1O[C@H](C)c1c(Cl)cncc1Cl. The van der Waals surface area contributed by atoms with Crippen molar-refractivity contribution in [3.8, 4) is 17.6 Å². The van der Waals surface area contributed by atoms with Crippen molar-refractivity contribution in [2.45, 2.75) is 20.0 Å². The second-order valence-electron chi connectivity index (χ2n) is 9.32. The molecular formula is C26H27Cl2N7O2. The minimum atomic E-state index is -0.551. The number of halogens is 2. The van der Waals surface area contributed by atoms with E-state index in [4.69, 9.17) is 49.6 Å². The van der Waals surface area contributed by atoms with Gasteiger partial charge in [-0.3, -0.25) is 10.4 Å². The van der Waals surface area contributed by atoms with Crippen LogP contribution in [0.5, 0.6) is 11.5 Å². The minimum Gasteiger partial charge on any atom is -0.493 e. The van der Waals surface area contributed by atoms with Gasteiger partial charge in [0.1, 0.15) is 18.0 Å². The van der Waals surface area contributed by atoms with Gasteiger partial charge < -0.3 is 25.8 Å². The summed E-state index contributed by atoms with van der Waals surface area (Å²) in [6.07, 6.45) is 4.00. The molecule has 0 aliphatic carbocycles. The van der Waals surface area contributed by atoms with Gasteiger partial charge in [0.05, 0.1) is 28.4 Å². The van der Waals surface area contributed by atoms with Gasteiger partial charge in [0.2, 0.25) is 0 Å². The second kappa shape index (κ2) is 10.4. The Kier molecular flexibility index (Phi) is 7.46. The van der Waals surface area contributed by atoms with Crippen molar-refractivity contribution < 1.29 is 9.47 Å². The maximum Gasteiger partial charge on any atom is 0.162 e. The van der Waals surface area contributed by atoms with E-state index >= 15 is 0 Å². The number of aromatic nitrogens is 2. The van der Waals surface area contributed by atoms with Crippen LogP contribution in [0.25, 0.3) is 0 Å². The van der Waals surface area contributed by atoms with E-state index in [9.17, 15) is 5.26 Å². The number of nitrogen functional groups attached to an aromatic ring is 1. The van der Waals surface area contributed by atoms with Crippen LogP contribution in [-0.4, -0.2) is 42.4 Å². The zero-order valence-electron chi connectivity index (χ0n) is 20.7. The van der Waals surface area contributed by atoms with Crippen LogP contribution in [0, 0.1) is 22.2 Å². The molecule has 1 aliphatic heterocycles. The maximum absolute atomic E-state index is 9.77. The summed E-state index contributed by atoms with van der Waals surface area (Å²) in [5.74, 6) is 1.31. The summed E-state index contributed by atoms with van der Waals surface area (Å²) >= 11 is 12.6. The van der Waals surface area contributed by atoms with Crippen molar-refractivity contribution in [2.24, 2.45) is 11.1 Å². The molecule has 192 valence electrons. The normalized spacial score (nSPS) is 14.9. The first-order chi connectivity index (χ1) is 17.6. The standard InChI is InChI=1S/C26H27Cl2N7O2/c1-14(23-18(27)9-33-10-19(23)28)37-22-5-17(20(31)6-21(22)36-3)24(32)16-4-15(7-29)25(34-8-16)35-12-26(2,11-30)13-35/h4-6,8-10,14,32H,11-13,30-31H2,1-3H3/t14-/m1/s1. The number of methoxy groups -OCH3 is 1. The number of nitrogens with two attached hydrogens (primary N) is 2. The molecular weight excluding hydrogens is 513 g/mol. The minimum absolute atomic E-state index is 0.00951. The number of benzene rings is 1. The van der Waals surface area contributed by atoms with Crippen LogP contribution in [0.4, 0.5) is 11.5 Å². The third-order valence-corrected chi connectivity index (χ3v) is 7.02. The van der Waals surface area contributed by atoms with E-state index in [0.29, 0.717) is 61.8 Å². The molecule has 1 aromatic carbocycles. The molecule has 3 heterocycles. The van der Waals surface area contributed by atoms with Crippen molar-refractivity contribution >= 4 is 40.4 Å². The molecule has 9 nitrogen and oxygen atoms in total. The smallest absolute Gasteiger partial charge is 0.162 e. The third kappa shape index (κ3) is 5.14. The van der Waals surface area contributed by atoms with E-state index in [1.165, 1.54) is 19.5 Å². The molecule has 0 amide bonds. The number of nitriles is 1. The predicted octanol–water partition coefficient (Wildman–Crippen LogP) is 4.59. The van der Waals surface area contributed by atoms with Crippen LogP contribution >= 0.6 is 23.2 Å². The molecule has 2 aromatic heterocycles. The Morgan fingerprint density at radius 3 is 2.49 bits per heavy atom. The molecule has 0 saturated carbocycles. The number of nitrogens with one attached hydrogen (secondary N) is 1. The number of hydrogen-bond donors (Lipinski definition) is 3. The Morgan fingerprint density at radius 1 is 1.22 bits per heavy atom. The molecule has 0 bridgehead atoms. The average Bonchev–Trinajstić information content (AvgIpc) is 2.86. The van der Waals surface area contributed by atoms with Crippen LogP contribution < -0.4 is 25.8 Å². The molecule has 5 N–H and O–H groups in total. The molecule has 1 fully saturated rings. The van der Waals surface area contributed by atoms with Gasteiger partial charge in [-0.15, -0.1) is 0 Å². The quantitative estimate of drug-likeness (QED) is 0.278. The zero-order chi connectivity index (χ0) is 26.9. The average molecular weight is 540 g/mol. The molecule has 1 aliphatic rings. The van der Waals surface area contributed by atoms with Crippen molar-refractivity contribution in [1.29, 1.82) is 10.7 Å². The second-order valence-corrected chi connectivity index (χ2v) is 10.1. The van der Waals surface area contributed by atoms with Crippen LogP contribution in [0.3, 0.4) is 0 Å². The van der Waals surface area contributed by atoms with Crippen molar-refractivity contribution in [3.63, 3.8) is 0 Å². The fourth-order valence-corrected chi connectivity index (χ4v) is 5.01. The van der Waals surface area contributed by atoms with E-state index in [2.05, 4.69) is 23.0 Å². The van der Waals surface area contributed by atoms with Crippen molar-refractivity contribution in [2.75, 3.05) is 37.4 Å². The topological polar surface area (TPSA) is 147 Å². The Bertz CT molecular complexity index is 1380. The highest BCUT2D eigenvalue weighted by molar-refractivity contribution is 6.35. The van der Waals surface area contributed by atoms with Gasteiger partial charge in [-0.05, 0) is 19.1 Å². The Balaban J connectivity index is 1.65. The molecule has 0 radical (unpaired) electrons. The van der Waals surface area contributed by atoms with Crippen LogP contribution in [0.2, 0.25) is 10.0 Å². The van der Waals surface area contributed by atoms with Gasteiger partial charge in [0.25, 0.3) is 0 Å². The number of hydrogen-bond acceptors (Lipinski definition) is 9. The fourth-order valence-electron chi connectivity index (χ4n) is 4.34. The molecule has 11 heteroatoms. The Hall–Kier alpha value is -3.58. The summed E-state index contributed by atoms with van der Waals surface area (Å²) in [6, 6.07) is 7.05. The maximum atomic E-state index is 9.77. The number of pyridine rings is 2. The lowest BCUT2D eigenvalue weighted by atomic mass is 9.82. The summed E-state index contributed by atoms with van der Waals surface area (Å²) in [6.45, 7) is 5.90. The molecule has 1 atom stereocenters. The van der Waals surface area contributed by atoms with Crippen LogP contribution in [0.1, 0.15) is 42.2 Å². The zero-order valence-corrected chi connectivity index (χ0v) is 22.2. The first kappa shape index (κ1) is 26.5. The Labute approximate surface area is 225 Å². The number of anilines is 2. The lowest BCUT2D eigenvalue weighted by Crippen LogP contribution is -2.58. The van der Waals surface area contributed by atoms with E-state index in [1.807, 2.05) is 4.90 Å². The molecule has 1 saturated heterocycles. The number of nitrogens with zero attached hydrogens (tertiary/aromatic N) is 4. The van der Waals surface area contributed by atoms with Crippen LogP contribution in [0.15, 0.2) is 36.8 Å². The summed E-state index contributed by atoms with van der Waals surface area (Å²) in [7, 11) is 1.50. The molecule has 0 unspecified atom stereocenters. The molecule has 4 rings (SSSR count). The number of rotatable bonds is 8. The first-order valence-electron chi connectivity index (χ1n) is 11.5. The van der Waals surface area contributed by atoms with E-state index in [1.54, 1.807) is 31.3 Å².